The number of pyridine rings is 1. The summed E-state index contributed by atoms with van der Waals surface area (Å²) in [6.45, 7) is 4.65. The molecule has 7 nitrogen and oxygen atoms in total. The zero-order valence-electron chi connectivity index (χ0n) is 22.1. The molecule has 212 valence electrons. The molecule has 0 saturated carbocycles. The Balaban J connectivity index is 0.00000216. The number of carbonyl (C=O) groups excluding carboxylic acids is 1. The minimum Gasteiger partial charge on any atom is -0.451 e. The second kappa shape index (κ2) is 15.8. The largest absolute Gasteiger partial charge is 0.451 e. The number of aromatic nitrogens is 1. The Kier molecular flexibility index (Phi) is 12.4. The quantitative estimate of drug-likeness (QED) is 0.104. The van der Waals surface area contributed by atoms with Crippen LogP contribution in [0.15, 0.2) is 82.8 Å². The van der Waals surface area contributed by atoms with E-state index >= 15 is 0 Å². The fourth-order valence-corrected chi connectivity index (χ4v) is 5.47. The van der Waals surface area contributed by atoms with Gasteiger partial charge >= 0.3 is 0 Å². The minimum atomic E-state index is -0.896. The zero-order chi connectivity index (χ0) is 29.1. The molecule has 0 spiro atoms. The van der Waals surface area contributed by atoms with Crippen molar-refractivity contribution in [1.29, 1.82) is 0 Å². The van der Waals surface area contributed by atoms with Crippen molar-refractivity contribution in [2.75, 3.05) is 26.7 Å². The Morgan fingerprint density at radius 1 is 1.05 bits per heavy atom. The van der Waals surface area contributed by atoms with Crippen molar-refractivity contribution in [3.05, 3.63) is 89.7 Å². The Hall–Kier alpha value is -2.93. The molecule has 4 aromatic rings. The molecular weight excluding hydrogens is 578 g/mol. The van der Waals surface area contributed by atoms with Crippen LogP contribution < -0.4 is 10.2 Å². The van der Waals surface area contributed by atoms with E-state index in [0.717, 1.165) is 39.7 Å². The van der Waals surface area contributed by atoms with Crippen molar-refractivity contribution < 1.29 is 23.5 Å². The highest BCUT2D eigenvalue weighted by molar-refractivity contribution is 7.97. The van der Waals surface area contributed by atoms with Gasteiger partial charge in [0.2, 0.25) is 0 Å². The molecule has 4 rings (SSSR count). The van der Waals surface area contributed by atoms with Crippen LogP contribution >= 0.6 is 35.5 Å². The fraction of sp³-hybridized carbons (Fsp3) is 0.214. The Bertz CT molecular complexity index is 1390. The van der Waals surface area contributed by atoms with Crippen molar-refractivity contribution in [2.45, 2.75) is 23.6 Å². The molecule has 0 aliphatic heterocycles. The highest BCUT2D eigenvalue weighted by Crippen LogP contribution is 2.34. The standard InChI is InChI=1S/C26H23ClF2N4O3S2.C2H6/c1-32(38-24-4-2-3-17-15-30-10-9-21(17)24)11-12-33(16-25(34)31-35)37-20-13-22(28)26(23(29)14-20)36-19-7-5-18(27)6-8-19;1-2/h2-10,13-15,35H,11-12,16H2,1H3,(H,31,34);1-2H3. The molecule has 0 aliphatic rings. The molecule has 0 bridgehead atoms. The van der Waals surface area contributed by atoms with Gasteiger partial charge in [0.15, 0.2) is 17.4 Å². The van der Waals surface area contributed by atoms with Gasteiger partial charge in [-0.15, -0.1) is 0 Å². The second-order valence-corrected chi connectivity index (χ2v) is 10.9. The third kappa shape index (κ3) is 9.05. The number of halogens is 3. The van der Waals surface area contributed by atoms with Crippen LogP contribution in [0.5, 0.6) is 11.5 Å². The topological polar surface area (TPSA) is 77.9 Å². The number of benzene rings is 3. The first-order chi connectivity index (χ1) is 19.3. The fourth-order valence-electron chi connectivity index (χ4n) is 3.45. The first kappa shape index (κ1) is 31.6. The van der Waals surface area contributed by atoms with E-state index in [2.05, 4.69) is 4.98 Å². The summed E-state index contributed by atoms with van der Waals surface area (Å²) in [7, 11) is 1.90. The van der Waals surface area contributed by atoms with E-state index in [4.69, 9.17) is 21.5 Å². The molecule has 1 heterocycles. The number of fused-ring (bicyclic) bond motifs is 1. The van der Waals surface area contributed by atoms with Gasteiger partial charge in [-0.05, 0) is 84.9 Å². The first-order valence-electron chi connectivity index (χ1n) is 12.3. The number of rotatable bonds is 11. The Morgan fingerprint density at radius 3 is 2.42 bits per heavy atom. The number of carbonyl (C=O) groups is 1. The van der Waals surface area contributed by atoms with Crippen molar-refractivity contribution in [3.63, 3.8) is 0 Å². The zero-order valence-corrected chi connectivity index (χ0v) is 24.5. The Labute approximate surface area is 245 Å². The summed E-state index contributed by atoms with van der Waals surface area (Å²) in [5.74, 6) is -2.76. The molecule has 0 fully saturated rings. The average Bonchev–Trinajstić information content (AvgIpc) is 2.96. The summed E-state index contributed by atoms with van der Waals surface area (Å²) in [5.41, 5.74) is 1.60. The summed E-state index contributed by atoms with van der Waals surface area (Å²) in [6, 6.07) is 16.3. The van der Waals surface area contributed by atoms with Gasteiger partial charge in [0.1, 0.15) is 5.75 Å². The number of amides is 1. The predicted octanol–water partition coefficient (Wildman–Crippen LogP) is 7.44. The SMILES string of the molecule is CC.CN(CCN(CC(=O)NO)Sc1cc(F)c(Oc2ccc(Cl)cc2)c(F)c1)Sc1cccc2cnccc12. The normalized spacial score (nSPS) is 10.9. The minimum absolute atomic E-state index is 0.203. The highest BCUT2D eigenvalue weighted by Gasteiger charge is 2.19. The van der Waals surface area contributed by atoms with E-state index in [0.29, 0.717) is 18.1 Å². The average molecular weight is 607 g/mol. The van der Waals surface area contributed by atoms with Gasteiger partial charge in [-0.1, -0.05) is 37.6 Å². The maximum atomic E-state index is 14.8. The molecule has 0 aliphatic carbocycles. The van der Waals surface area contributed by atoms with Crippen molar-refractivity contribution in [1.82, 2.24) is 19.1 Å². The number of hydrogen-bond donors (Lipinski definition) is 2. The summed E-state index contributed by atoms with van der Waals surface area (Å²) in [6.07, 6.45) is 3.54. The smallest absolute Gasteiger partial charge is 0.258 e. The van der Waals surface area contributed by atoms with Gasteiger partial charge in [-0.25, -0.2) is 22.9 Å². The predicted molar refractivity (Wildman–Crippen MR) is 157 cm³/mol. The van der Waals surface area contributed by atoms with E-state index in [1.165, 1.54) is 24.1 Å². The molecule has 0 atom stereocenters. The molecule has 40 heavy (non-hydrogen) atoms. The van der Waals surface area contributed by atoms with Gasteiger partial charge < -0.3 is 4.74 Å². The lowest BCUT2D eigenvalue weighted by molar-refractivity contribution is -0.129. The van der Waals surface area contributed by atoms with E-state index in [1.807, 2.05) is 49.5 Å². The number of hydroxylamine groups is 1. The number of nitrogens with zero attached hydrogens (tertiary/aromatic N) is 3. The summed E-state index contributed by atoms with van der Waals surface area (Å²) in [4.78, 5) is 17.3. The highest BCUT2D eigenvalue weighted by atomic mass is 35.5. The molecule has 1 amide bonds. The third-order valence-electron chi connectivity index (χ3n) is 5.24. The summed E-state index contributed by atoms with van der Waals surface area (Å²) < 4.78 is 38.5. The molecule has 12 heteroatoms. The lowest BCUT2D eigenvalue weighted by Crippen LogP contribution is -2.35. The number of likely N-dealkylation sites (N-methyl/N-ethyl adjacent to an activating group) is 1. The first-order valence-corrected chi connectivity index (χ1v) is 14.2. The molecule has 0 saturated heterocycles. The molecule has 2 N–H and O–H groups in total. The van der Waals surface area contributed by atoms with Crippen molar-refractivity contribution in [2.24, 2.45) is 0 Å². The summed E-state index contributed by atoms with van der Waals surface area (Å²) >= 11 is 8.36. The van der Waals surface area contributed by atoms with Gasteiger partial charge in [0.05, 0.1) is 6.54 Å². The molecular formula is C28H29ClF2N4O3S2. The van der Waals surface area contributed by atoms with Crippen LogP contribution in [0.2, 0.25) is 5.02 Å². The number of nitrogens with one attached hydrogen (secondary N) is 1. The van der Waals surface area contributed by atoms with E-state index in [9.17, 15) is 13.6 Å². The van der Waals surface area contributed by atoms with Gasteiger partial charge in [-0.3, -0.25) is 15.0 Å². The maximum Gasteiger partial charge on any atom is 0.258 e. The van der Waals surface area contributed by atoms with Crippen LogP contribution in [-0.2, 0) is 4.79 Å². The third-order valence-corrected chi connectivity index (χ3v) is 7.56. The van der Waals surface area contributed by atoms with Crippen molar-refractivity contribution >= 4 is 52.2 Å². The van der Waals surface area contributed by atoms with Crippen LogP contribution in [0, 0.1) is 11.6 Å². The van der Waals surface area contributed by atoms with Crippen LogP contribution in [-0.4, -0.2) is 51.4 Å². The lowest BCUT2D eigenvalue weighted by atomic mass is 10.2. The molecule has 0 unspecified atom stereocenters. The molecule has 1 aromatic heterocycles. The van der Waals surface area contributed by atoms with Gasteiger partial charge in [-0.2, -0.15) is 0 Å². The van der Waals surface area contributed by atoms with E-state index < -0.39 is 23.3 Å². The Morgan fingerprint density at radius 2 is 1.75 bits per heavy atom. The van der Waals surface area contributed by atoms with Gasteiger partial charge in [0, 0.05) is 45.7 Å². The second-order valence-electron chi connectivity index (χ2n) is 8.06. The van der Waals surface area contributed by atoms with Crippen LogP contribution in [0.4, 0.5) is 8.78 Å². The monoisotopic (exact) mass is 606 g/mol. The van der Waals surface area contributed by atoms with Gasteiger partial charge in [0.25, 0.3) is 5.91 Å². The van der Waals surface area contributed by atoms with Crippen LogP contribution in [0.25, 0.3) is 10.8 Å². The van der Waals surface area contributed by atoms with Crippen molar-refractivity contribution in [3.8, 4) is 11.5 Å². The van der Waals surface area contributed by atoms with E-state index in [-0.39, 0.29) is 17.2 Å². The molecule has 0 radical (unpaired) electrons. The number of ether oxygens (including phenoxy) is 1. The van der Waals surface area contributed by atoms with Crippen LogP contribution in [0.1, 0.15) is 13.8 Å². The van der Waals surface area contributed by atoms with Crippen LogP contribution in [0.3, 0.4) is 0 Å². The van der Waals surface area contributed by atoms with E-state index in [1.54, 1.807) is 34.3 Å². The summed E-state index contributed by atoms with van der Waals surface area (Å²) in [5, 5.41) is 11.6. The lowest BCUT2D eigenvalue weighted by Gasteiger charge is -2.24. The molecule has 3 aromatic carbocycles. The maximum absolute atomic E-state index is 14.8. The number of hydrogen-bond acceptors (Lipinski definition) is 8.